The molecular formula is C14H28N2O. The van der Waals surface area contributed by atoms with Crippen LogP contribution in [0.15, 0.2) is 0 Å². The van der Waals surface area contributed by atoms with Crippen LogP contribution in [0.2, 0.25) is 0 Å². The van der Waals surface area contributed by atoms with Gasteiger partial charge in [-0.25, -0.2) is 0 Å². The number of piperazine rings is 1. The maximum Gasteiger partial charge on any atom is 0.100 e. The quantitative estimate of drug-likeness (QED) is 0.737. The molecule has 0 radical (unpaired) electrons. The van der Waals surface area contributed by atoms with E-state index in [0.29, 0.717) is 11.6 Å². The number of rotatable bonds is 2. The van der Waals surface area contributed by atoms with Gasteiger partial charge in [0.05, 0.1) is 5.60 Å². The molecule has 0 aromatic heterocycles. The van der Waals surface area contributed by atoms with Crippen molar-refractivity contribution in [3.63, 3.8) is 0 Å². The van der Waals surface area contributed by atoms with E-state index in [9.17, 15) is 0 Å². The maximum atomic E-state index is 5.89. The van der Waals surface area contributed by atoms with Crippen LogP contribution >= 0.6 is 0 Å². The van der Waals surface area contributed by atoms with E-state index < -0.39 is 0 Å². The van der Waals surface area contributed by atoms with E-state index in [1.54, 1.807) is 0 Å². The normalized spacial score (nSPS) is 31.4. The topological polar surface area (TPSA) is 15.7 Å². The first-order valence-corrected chi connectivity index (χ1v) is 6.81. The van der Waals surface area contributed by atoms with E-state index in [1.165, 1.54) is 19.5 Å². The number of likely N-dealkylation sites (tertiary alicyclic amines) is 2. The summed E-state index contributed by atoms with van der Waals surface area (Å²) in [4.78, 5) is 5.17. The van der Waals surface area contributed by atoms with Crippen LogP contribution in [0.25, 0.3) is 0 Å². The lowest BCUT2D eigenvalue weighted by Crippen LogP contribution is -2.54. The fourth-order valence-corrected chi connectivity index (χ4v) is 3.01. The van der Waals surface area contributed by atoms with Gasteiger partial charge < -0.3 is 4.74 Å². The third-order valence-corrected chi connectivity index (χ3v) is 3.88. The van der Waals surface area contributed by atoms with E-state index >= 15 is 0 Å². The molecule has 17 heavy (non-hydrogen) atoms. The van der Waals surface area contributed by atoms with Crippen LogP contribution in [0.3, 0.4) is 0 Å². The highest BCUT2D eigenvalue weighted by Crippen LogP contribution is 2.35. The zero-order chi connectivity index (χ0) is 12.8. The standard InChI is InChI=1S/C14H28N2O/c1-13(2,3)16-9-11-7-12(16)8-15(11)10-17-14(4,5)6/h11-12H,7-10H2,1-6H3. The Morgan fingerprint density at radius 2 is 1.65 bits per heavy atom. The molecule has 2 bridgehead atoms. The Balaban J connectivity index is 1.86. The Morgan fingerprint density at radius 1 is 1.00 bits per heavy atom. The smallest absolute Gasteiger partial charge is 0.100 e. The average Bonchev–Trinajstić information content (AvgIpc) is 2.70. The van der Waals surface area contributed by atoms with Gasteiger partial charge in [0.2, 0.25) is 0 Å². The van der Waals surface area contributed by atoms with Gasteiger partial charge in [-0.15, -0.1) is 0 Å². The van der Waals surface area contributed by atoms with Gasteiger partial charge in [0.1, 0.15) is 6.73 Å². The second kappa shape index (κ2) is 4.22. The Bertz CT molecular complexity index is 277. The molecule has 2 aliphatic heterocycles. The second-order valence-electron chi connectivity index (χ2n) is 7.52. The fourth-order valence-electron chi connectivity index (χ4n) is 3.01. The van der Waals surface area contributed by atoms with Crippen molar-refractivity contribution in [1.29, 1.82) is 0 Å². The molecule has 0 aliphatic carbocycles. The van der Waals surface area contributed by atoms with Crippen molar-refractivity contribution in [2.24, 2.45) is 0 Å². The highest BCUT2D eigenvalue weighted by molar-refractivity contribution is 5.02. The summed E-state index contributed by atoms with van der Waals surface area (Å²) in [6, 6.07) is 1.45. The Kier molecular flexibility index (Phi) is 3.30. The summed E-state index contributed by atoms with van der Waals surface area (Å²) in [6.45, 7) is 16.5. The molecule has 2 unspecified atom stereocenters. The third kappa shape index (κ3) is 3.01. The van der Waals surface area contributed by atoms with Crippen LogP contribution < -0.4 is 0 Å². The average molecular weight is 240 g/mol. The van der Waals surface area contributed by atoms with Crippen molar-refractivity contribution in [2.45, 2.75) is 71.2 Å². The SMILES string of the molecule is CC(C)(C)OCN1CC2CC1CN2C(C)(C)C. The van der Waals surface area contributed by atoms with Gasteiger partial charge in [-0.05, 0) is 48.0 Å². The summed E-state index contributed by atoms with van der Waals surface area (Å²) in [5, 5.41) is 0. The molecule has 2 atom stereocenters. The molecule has 0 N–H and O–H groups in total. The van der Waals surface area contributed by atoms with Crippen molar-refractivity contribution in [2.75, 3.05) is 19.8 Å². The van der Waals surface area contributed by atoms with Gasteiger partial charge in [-0.2, -0.15) is 0 Å². The third-order valence-electron chi connectivity index (χ3n) is 3.88. The molecule has 2 fully saturated rings. The first-order chi connectivity index (χ1) is 7.67. The molecule has 0 amide bonds. The molecule has 0 spiro atoms. The summed E-state index contributed by atoms with van der Waals surface area (Å²) >= 11 is 0. The van der Waals surface area contributed by atoms with Gasteiger partial charge in [0, 0.05) is 30.7 Å². The minimum Gasteiger partial charge on any atom is -0.360 e. The number of ether oxygens (including phenoxy) is 1. The highest BCUT2D eigenvalue weighted by Gasteiger charge is 2.46. The van der Waals surface area contributed by atoms with Gasteiger partial charge in [0.15, 0.2) is 0 Å². The van der Waals surface area contributed by atoms with E-state index in [4.69, 9.17) is 4.74 Å². The van der Waals surface area contributed by atoms with Gasteiger partial charge in [-0.3, -0.25) is 9.80 Å². The van der Waals surface area contributed by atoms with Crippen LogP contribution in [0.5, 0.6) is 0 Å². The number of fused-ring (bicyclic) bond motifs is 2. The Labute approximate surface area is 106 Å². The maximum absolute atomic E-state index is 5.89. The molecule has 2 saturated heterocycles. The monoisotopic (exact) mass is 240 g/mol. The van der Waals surface area contributed by atoms with Crippen molar-refractivity contribution >= 4 is 0 Å². The molecule has 2 rings (SSSR count). The lowest BCUT2D eigenvalue weighted by atomic mass is 10.0. The molecule has 2 heterocycles. The van der Waals surface area contributed by atoms with Crippen molar-refractivity contribution < 1.29 is 4.74 Å². The van der Waals surface area contributed by atoms with Crippen LogP contribution in [0.1, 0.15) is 48.0 Å². The molecule has 0 aromatic rings. The first kappa shape index (κ1) is 13.3. The van der Waals surface area contributed by atoms with Crippen molar-refractivity contribution in [1.82, 2.24) is 9.80 Å². The fraction of sp³-hybridized carbons (Fsp3) is 1.00. The Hall–Kier alpha value is -0.120. The van der Waals surface area contributed by atoms with Crippen LogP contribution in [0.4, 0.5) is 0 Å². The summed E-state index contributed by atoms with van der Waals surface area (Å²) in [5.74, 6) is 0. The lowest BCUT2D eigenvalue weighted by Gasteiger charge is -2.42. The minimum atomic E-state index is -0.0223. The number of hydrogen-bond acceptors (Lipinski definition) is 3. The predicted molar refractivity (Wildman–Crippen MR) is 71.1 cm³/mol. The van der Waals surface area contributed by atoms with Gasteiger partial charge in [-0.1, -0.05) is 0 Å². The van der Waals surface area contributed by atoms with E-state index in [2.05, 4.69) is 51.3 Å². The van der Waals surface area contributed by atoms with Crippen LogP contribution in [-0.2, 0) is 4.74 Å². The van der Waals surface area contributed by atoms with Crippen LogP contribution in [0, 0.1) is 0 Å². The zero-order valence-electron chi connectivity index (χ0n) is 12.3. The van der Waals surface area contributed by atoms with E-state index in [-0.39, 0.29) is 5.60 Å². The molecule has 2 aliphatic rings. The van der Waals surface area contributed by atoms with Crippen molar-refractivity contribution in [3.05, 3.63) is 0 Å². The molecule has 3 heteroatoms. The predicted octanol–water partition coefficient (Wildman–Crippen LogP) is 2.32. The van der Waals surface area contributed by atoms with Gasteiger partial charge >= 0.3 is 0 Å². The summed E-state index contributed by atoms with van der Waals surface area (Å²) in [5.41, 5.74) is 0.294. The largest absolute Gasteiger partial charge is 0.360 e. The summed E-state index contributed by atoms with van der Waals surface area (Å²) in [7, 11) is 0. The second-order valence-corrected chi connectivity index (χ2v) is 7.52. The highest BCUT2D eigenvalue weighted by atomic mass is 16.5. The molecule has 0 aromatic carbocycles. The Morgan fingerprint density at radius 3 is 2.06 bits per heavy atom. The summed E-state index contributed by atoms with van der Waals surface area (Å²) < 4.78 is 5.89. The van der Waals surface area contributed by atoms with E-state index in [1.807, 2.05) is 0 Å². The van der Waals surface area contributed by atoms with Crippen LogP contribution in [-0.4, -0.2) is 52.8 Å². The molecular weight excluding hydrogens is 212 g/mol. The zero-order valence-corrected chi connectivity index (χ0v) is 12.3. The lowest BCUT2D eigenvalue weighted by molar-refractivity contribution is -0.0818. The molecule has 3 nitrogen and oxygen atoms in total. The minimum absolute atomic E-state index is 0.0223. The van der Waals surface area contributed by atoms with E-state index in [0.717, 1.165) is 12.8 Å². The molecule has 0 saturated carbocycles. The van der Waals surface area contributed by atoms with Gasteiger partial charge in [0.25, 0.3) is 0 Å². The first-order valence-electron chi connectivity index (χ1n) is 6.81. The van der Waals surface area contributed by atoms with Crippen molar-refractivity contribution in [3.8, 4) is 0 Å². The summed E-state index contributed by atoms with van der Waals surface area (Å²) in [6.07, 6.45) is 1.32. The molecule has 100 valence electrons. The number of hydrogen-bond donors (Lipinski definition) is 0. The number of nitrogens with zero attached hydrogens (tertiary/aromatic N) is 2.